The predicted molar refractivity (Wildman–Crippen MR) is 93.8 cm³/mol. The van der Waals surface area contributed by atoms with Gasteiger partial charge < -0.3 is 19.6 Å². The van der Waals surface area contributed by atoms with E-state index in [1.54, 1.807) is 12.1 Å². The molecular weight excluding hydrogens is 374 g/mol. The van der Waals surface area contributed by atoms with Crippen molar-refractivity contribution in [2.24, 2.45) is 0 Å². The lowest BCUT2D eigenvalue weighted by Crippen LogP contribution is -2.32. The highest BCUT2D eigenvalue weighted by Gasteiger charge is 2.12. The zero-order valence-corrected chi connectivity index (χ0v) is 14.3. The Hall–Kier alpha value is -2.31. The number of carbonyl (C=O) groups excluding carboxylic acids is 1. The third kappa shape index (κ3) is 4.15. The lowest BCUT2D eigenvalue weighted by atomic mass is 10.1. The van der Waals surface area contributed by atoms with E-state index < -0.39 is 6.10 Å². The number of carbonyl (C=O) groups is 1. The maximum Gasteiger partial charge on any atom is 0.258 e. The van der Waals surface area contributed by atoms with Gasteiger partial charge in [0.15, 0.2) is 6.61 Å². The van der Waals surface area contributed by atoms with Gasteiger partial charge in [-0.15, -0.1) is 0 Å². The third-order valence-electron chi connectivity index (χ3n) is 3.51. The van der Waals surface area contributed by atoms with Crippen LogP contribution in [-0.4, -0.2) is 24.2 Å². The lowest BCUT2D eigenvalue weighted by molar-refractivity contribution is -0.123. The first-order valence-corrected chi connectivity index (χ1v) is 8.21. The lowest BCUT2D eigenvalue weighted by Gasteiger charge is -2.11. The first kappa shape index (κ1) is 16.5. The van der Waals surface area contributed by atoms with Crippen molar-refractivity contribution in [3.63, 3.8) is 0 Å². The van der Waals surface area contributed by atoms with Crippen molar-refractivity contribution in [3.8, 4) is 5.75 Å². The molecule has 0 aliphatic heterocycles. The molecule has 2 N–H and O–H groups in total. The van der Waals surface area contributed by atoms with Crippen molar-refractivity contribution < 1.29 is 19.1 Å². The van der Waals surface area contributed by atoms with E-state index in [0.717, 1.165) is 15.2 Å². The average molecular weight is 390 g/mol. The highest BCUT2D eigenvalue weighted by Crippen LogP contribution is 2.24. The molecule has 0 saturated heterocycles. The van der Waals surface area contributed by atoms with Gasteiger partial charge >= 0.3 is 0 Å². The fraction of sp³-hybridized carbons (Fsp3) is 0.167. The SMILES string of the molecule is O=C(COc1ccc2cc(Br)ccc2c1)NCC(O)c1ccco1. The number of fused-ring (bicyclic) bond motifs is 1. The maximum atomic E-state index is 11.8. The van der Waals surface area contributed by atoms with Gasteiger partial charge in [-0.2, -0.15) is 0 Å². The number of aliphatic hydroxyl groups is 1. The van der Waals surface area contributed by atoms with Crippen LogP contribution in [0.5, 0.6) is 5.75 Å². The molecule has 1 atom stereocenters. The standard InChI is InChI=1S/C18H16BrNO4/c19-14-5-3-13-9-15(6-4-12(13)8-14)24-11-18(22)20-10-16(21)17-2-1-7-23-17/h1-9,16,21H,10-11H2,(H,20,22). The largest absolute Gasteiger partial charge is 0.484 e. The molecule has 124 valence electrons. The number of rotatable bonds is 6. The van der Waals surface area contributed by atoms with Crippen molar-refractivity contribution in [2.75, 3.05) is 13.2 Å². The normalized spacial score (nSPS) is 12.1. The number of aliphatic hydroxyl groups excluding tert-OH is 1. The summed E-state index contributed by atoms with van der Waals surface area (Å²) in [5, 5.41) is 14.6. The predicted octanol–water partition coefficient (Wildman–Crippen LogP) is 3.42. The molecule has 2 aromatic carbocycles. The molecule has 1 heterocycles. The fourth-order valence-corrected chi connectivity index (χ4v) is 2.66. The molecule has 0 radical (unpaired) electrons. The van der Waals surface area contributed by atoms with Crippen LogP contribution in [0.3, 0.4) is 0 Å². The maximum absolute atomic E-state index is 11.8. The second kappa shape index (κ2) is 7.51. The van der Waals surface area contributed by atoms with Gasteiger partial charge in [-0.25, -0.2) is 0 Å². The Morgan fingerprint density at radius 3 is 2.79 bits per heavy atom. The summed E-state index contributed by atoms with van der Waals surface area (Å²) in [6.07, 6.45) is 0.602. The summed E-state index contributed by atoms with van der Waals surface area (Å²) < 4.78 is 11.6. The van der Waals surface area contributed by atoms with Gasteiger partial charge in [-0.05, 0) is 47.2 Å². The summed E-state index contributed by atoms with van der Waals surface area (Å²) in [5.74, 6) is 0.722. The van der Waals surface area contributed by atoms with Crippen molar-refractivity contribution in [2.45, 2.75) is 6.10 Å². The van der Waals surface area contributed by atoms with E-state index in [1.807, 2.05) is 36.4 Å². The topological polar surface area (TPSA) is 71.7 Å². The number of ether oxygens (including phenoxy) is 1. The van der Waals surface area contributed by atoms with Crippen molar-refractivity contribution in [1.82, 2.24) is 5.32 Å². The summed E-state index contributed by atoms with van der Waals surface area (Å²) >= 11 is 3.43. The minimum absolute atomic E-state index is 0.0709. The number of furan rings is 1. The second-order valence-electron chi connectivity index (χ2n) is 5.28. The van der Waals surface area contributed by atoms with E-state index in [4.69, 9.17) is 9.15 Å². The van der Waals surface area contributed by atoms with E-state index >= 15 is 0 Å². The van der Waals surface area contributed by atoms with Crippen LogP contribution in [0, 0.1) is 0 Å². The molecule has 1 unspecified atom stereocenters. The Kier molecular flexibility index (Phi) is 5.17. The van der Waals surface area contributed by atoms with Crippen LogP contribution >= 0.6 is 15.9 Å². The summed E-state index contributed by atoms with van der Waals surface area (Å²) in [4.78, 5) is 11.8. The number of nitrogens with one attached hydrogen (secondary N) is 1. The molecule has 0 aliphatic carbocycles. The molecule has 1 amide bonds. The molecule has 0 aliphatic rings. The Morgan fingerprint density at radius 1 is 1.21 bits per heavy atom. The smallest absolute Gasteiger partial charge is 0.258 e. The summed E-state index contributed by atoms with van der Waals surface area (Å²) in [7, 11) is 0. The molecular formula is C18H16BrNO4. The highest BCUT2D eigenvalue weighted by molar-refractivity contribution is 9.10. The molecule has 0 fully saturated rings. The van der Waals surface area contributed by atoms with Crippen LogP contribution < -0.4 is 10.1 Å². The van der Waals surface area contributed by atoms with Gasteiger partial charge in [-0.1, -0.05) is 28.1 Å². The Labute approximate surface area is 147 Å². The summed E-state index contributed by atoms with van der Waals surface area (Å²) in [6, 6.07) is 14.9. The van der Waals surface area contributed by atoms with E-state index in [-0.39, 0.29) is 19.1 Å². The molecule has 24 heavy (non-hydrogen) atoms. The zero-order valence-electron chi connectivity index (χ0n) is 12.7. The molecule has 5 nitrogen and oxygen atoms in total. The number of benzene rings is 2. The minimum atomic E-state index is -0.872. The molecule has 6 heteroatoms. The molecule has 3 aromatic rings. The number of hydrogen-bond acceptors (Lipinski definition) is 4. The second-order valence-corrected chi connectivity index (χ2v) is 6.19. The van der Waals surface area contributed by atoms with E-state index in [2.05, 4.69) is 21.2 Å². The Morgan fingerprint density at radius 2 is 2.00 bits per heavy atom. The van der Waals surface area contributed by atoms with Gasteiger partial charge in [0.1, 0.15) is 17.6 Å². The molecule has 1 aromatic heterocycles. The van der Waals surface area contributed by atoms with Crippen LogP contribution in [-0.2, 0) is 4.79 Å². The van der Waals surface area contributed by atoms with E-state index in [0.29, 0.717) is 11.5 Å². The van der Waals surface area contributed by atoms with Gasteiger partial charge in [0.25, 0.3) is 5.91 Å². The minimum Gasteiger partial charge on any atom is -0.484 e. The highest BCUT2D eigenvalue weighted by atomic mass is 79.9. The van der Waals surface area contributed by atoms with Gasteiger partial charge in [0.2, 0.25) is 0 Å². The monoisotopic (exact) mass is 389 g/mol. The summed E-state index contributed by atoms with van der Waals surface area (Å²) in [6.45, 7) is -0.0473. The Bertz CT molecular complexity index is 832. The summed E-state index contributed by atoms with van der Waals surface area (Å²) in [5.41, 5.74) is 0. The van der Waals surface area contributed by atoms with Crippen LogP contribution in [0.4, 0.5) is 0 Å². The van der Waals surface area contributed by atoms with E-state index in [1.165, 1.54) is 6.26 Å². The first-order valence-electron chi connectivity index (χ1n) is 7.42. The van der Waals surface area contributed by atoms with Crippen molar-refractivity contribution in [1.29, 1.82) is 0 Å². The number of amides is 1. The number of halogens is 1. The Balaban J connectivity index is 1.51. The van der Waals surface area contributed by atoms with Crippen molar-refractivity contribution in [3.05, 3.63) is 65.0 Å². The van der Waals surface area contributed by atoms with Crippen LogP contribution in [0.15, 0.2) is 63.7 Å². The third-order valence-corrected chi connectivity index (χ3v) is 4.00. The quantitative estimate of drug-likeness (QED) is 0.677. The van der Waals surface area contributed by atoms with Crippen LogP contribution in [0.25, 0.3) is 10.8 Å². The molecule has 3 rings (SSSR count). The van der Waals surface area contributed by atoms with Crippen molar-refractivity contribution >= 4 is 32.6 Å². The average Bonchev–Trinajstić information content (AvgIpc) is 3.12. The van der Waals surface area contributed by atoms with Crippen LogP contribution in [0.1, 0.15) is 11.9 Å². The zero-order chi connectivity index (χ0) is 16.9. The molecule has 0 spiro atoms. The number of hydrogen-bond donors (Lipinski definition) is 2. The van der Waals surface area contributed by atoms with Gasteiger partial charge in [0, 0.05) is 4.47 Å². The molecule has 0 saturated carbocycles. The van der Waals surface area contributed by atoms with Crippen LogP contribution in [0.2, 0.25) is 0 Å². The molecule has 0 bridgehead atoms. The van der Waals surface area contributed by atoms with Gasteiger partial charge in [0.05, 0.1) is 12.8 Å². The first-order chi connectivity index (χ1) is 11.6. The fourth-order valence-electron chi connectivity index (χ4n) is 2.28. The van der Waals surface area contributed by atoms with Gasteiger partial charge in [-0.3, -0.25) is 4.79 Å². The van der Waals surface area contributed by atoms with E-state index in [9.17, 15) is 9.90 Å².